The van der Waals surface area contributed by atoms with Crippen molar-refractivity contribution in [3.8, 4) is 0 Å². The summed E-state index contributed by atoms with van der Waals surface area (Å²) in [5.41, 5.74) is -1.26. The Bertz CT molecular complexity index is 379. The lowest BCUT2D eigenvalue weighted by atomic mass is 9.89. The maximum Gasteiger partial charge on any atom is 0.321 e. The van der Waals surface area contributed by atoms with Crippen LogP contribution < -0.4 is 16.0 Å². The van der Waals surface area contributed by atoms with Gasteiger partial charge in [0.15, 0.2) is 0 Å². The molecule has 0 aliphatic carbocycles. The van der Waals surface area contributed by atoms with Crippen LogP contribution >= 0.6 is 0 Å². The summed E-state index contributed by atoms with van der Waals surface area (Å²) in [6, 6.07) is -0.836. The smallest absolute Gasteiger partial charge is 0.321 e. The number of hydrogen-bond donors (Lipinski definition) is 4. The Balaban J connectivity index is 4.10. The predicted molar refractivity (Wildman–Crippen MR) is 66.3 cm³/mol. The number of carboxylic acids is 1. The molecule has 8 heteroatoms. The molecule has 0 atom stereocenters. The van der Waals surface area contributed by atoms with Gasteiger partial charge in [-0.2, -0.15) is 0 Å². The van der Waals surface area contributed by atoms with E-state index in [2.05, 4.69) is 10.6 Å². The summed E-state index contributed by atoms with van der Waals surface area (Å²) in [6.45, 7) is 4.67. The highest BCUT2D eigenvalue weighted by molar-refractivity contribution is 5.97. The third-order valence-electron chi connectivity index (χ3n) is 2.22. The maximum absolute atomic E-state index is 11.4. The monoisotopic (exact) mass is 273 g/mol. The van der Waals surface area contributed by atoms with Gasteiger partial charge in [0.2, 0.25) is 11.8 Å². The first-order valence-corrected chi connectivity index (χ1v) is 5.76. The first-order valence-electron chi connectivity index (χ1n) is 5.76. The van der Waals surface area contributed by atoms with Crippen LogP contribution in [-0.4, -0.2) is 42.0 Å². The number of imide groups is 1. The van der Waals surface area contributed by atoms with Crippen LogP contribution in [0.1, 0.15) is 27.2 Å². The molecule has 19 heavy (non-hydrogen) atoms. The van der Waals surface area contributed by atoms with Crippen LogP contribution in [0.2, 0.25) is 0 Å². The first kappa shape index (κ1) is 16.9. The van der Waals surface area contributed by atoms with Crippen molar-refractivity contribution in [2.45, 2.75) is 27.2 Å². The molecule has 0 bridgehead atoms. The van der Waals surface area contributed by atoms with E-state index in [-0.39, 0.29) is 18.9 Å². The topological polar surface area (TPSA) is 125 Å². The second kappa shape index (κ2) is 7.34. The second-order valence-electron chi connectivity index (χ2n) is 4.55. The van der Waals surface area contributed by atoms with Crippen LogP contribution in [0.15, 0.2) is 0 Å². The Labute approximate surface area is 110 Å². The van der Waals surface area contributed by atoms with Crippen LogP contribution in [0.25, 0.3) is 0 Å². The quantitative estimate of drug-likeness (QED) is 0.517. The Morgan fingerprint density at radius 3 is 2.11 bits per heavy atom. The number of aliphatic carboxylic acids is 1. The molecule has 0 heterocycles. The summed E-state index contributed by atoms with van der Waals surface area (Å²) in [4.78, 5) is 44.5. The number of rotatable bonds is 6. The SMILES string of the molecule is CCNC(=O)CNC(=O)NC(=O)CC(C)(C)C(=O)O. The molecule has 0 fully saturated rings. The van der Waals surface area contributed by atoms with Crippen molar-refractivity contribution >= 4 is 23.8 Å². The molecular weight excluding hydrogens is 254 g/mol. The van der Waals surface area contributed by atoms with Crippen LogP contribution in [0, 0.1) is 5.41 Å². The maximum atomic E-state index is 11.4. The van der Waals surface area contributed by atoms with E-state index in [4.69, 9.17) is 5.11 Å². The molecule has 0 aromatic heterocycles. The van der Waals surface area contributed by atoms with E-state index >= 15 is 0 Å². The van der Waals surface area contributed by atoms with Gasteiger partial charge in [-0.3, -0.25) is 19.7 Å². The number of amides is 4. The lowest BCUT2D eigenvalue weighted by molar-refractivity contribution is -0.149. The zero-order valence-electron chi connectivity index (χ0n) is 11.2. The largest absolute Gasteiger partial charge is 0.481 e. The van der Waals surface area contributed by atoms with Crippen molar-refractivity contribution < 1.29 is 24.3 Å². The van der Waals surface area contributed by atoms with Crippen molar-refractivity contribution in [3.05, 3.63) is 0 Å². The van der Waals surface area contributed by atoms with Crippen molar-refractivity contribution in [1.82, 2.24) is 16.0 Å². The Kier molecular flexibility index (Phi) is 6.53. The lowest BCUT2D eigenvalue weighted by Gasteiger charge is -2.17. The van der Waals surface area contributed by atoms with Gasteiger partial charge in [0.05, 0.1) is 12.0 Å². The van der Waals surface area contributed by atoms with E-state index in [9.17, 15) is 19.2 Å². The summed E-state index contributed by atoms with van der Waals surface area (Å²) >= 11 is 0. The zero-order chi connectivity index (χ0) is 15.1. The lowest BCUT2D eigenvalue weighted by Crippen LogP contribution is -2.45. The number of likely N-dealkylation sites (N-methyl/N-ethyl adjacent to an activating group) is 1. The molecule has 108 valence electrons. The van der Waals surface area contributed by atoms with Crippen molar-refractivity contribution in [3.63, 3.8) is 0 Å². The van der Waals surface area contributed by atoms with Crippen LogP contribution in [0.3, 0.4) is 0 Å². The number of carbonyl (C=O) groups is 4. The highest BCUT2D eigenvalue weighted by Crippen LogP contribution is 2.19. The molecule has 0 saturated carbocycles. The van der Waals surface area contributed by atoms with Gasteiger partial charge in [-0.1, -0.05) is 0 Å². The first-order chi connectivity index (χ1) is 8.69. The number of nitrogens with one attached hydrogen (secondary N) is 3. The molecule has 0 unspecified atom stereocenters. The van der Waals surface area contributed by atoms with Crippen LogP contribution in [0.5, 0.6) is 0 Å². The summed E-state index contributed by atoms with van der Waals surface area (Å²) in [5.74, 6) is -2.23. The molecule has 4 N–H and O–H groups in total. The van der Waals surface area contributed by atoms with E-state index in [1.807, 2.05) is 5.32 Å². The van der Waals surface area contributed by atoms with Gasteiger partial charge in [0.1, 0.15) is 0 Å². The zero-order valence-corrected chi connectivity index (χ0v) is 11.2. The minimum absolute atomic E-state index is 0.255. The summed E-state index contributed by atoms with van der Waals surface area (Å²) in [6.07, 6.45) is -0.336. The highest BCUT2D eigenvalue weighted by atomic mass is 16.4. The third-order valence-corrected chi connectivity index (χ3v) is 2.22. The van der Waals surface area contributed by atoms with Crippen LogP contribution in [0.4, 0.5) is 4.79 Å². The molecule has 8 nitrogen and oxygen atoms in total. The molecule has 0 saturated heterocycles. The van der Waals surface area contributed by atoms with Gasteiger partial charge >= 0.3 is 12.0 Å². The Hall–Kier alpha value is -2.12. The molecule has 0 aliphatic rings. The van der Waals surface area contributed by atoms with Crippen molar-refractivity contribution in [2.24, 2.45) is 5.41 Å². The van der Waals surface area contributed by atoms with Gasteiger partial charge in [-0.25, -0.2) is 4.79 Å². The highest BCUT2D eigenvalue weighted by Gasteiger charge is 2.30. The Morgan fingerprint density at radius 1 is 1.05 bits per heavy atom. The molecule has 0 aromatic rings. The fourth-order valence-corrected chi connectivity index (χ4v) is 1.11. The van der Waals surface area contributed by atoms with Crippen molar-refractivity contribution in [1.29, 1.82) is 0 Å². The molecule has 0 spiro atoms. The average Bonchev–Trinajstić information content (AvgIpc) is 2.25. The normalized spacial score (nSPS) is 10.5. The number of carboxylic acid groups (broad SMARTS) is 1. The molecule has 0 aliphatic heterocycles. The Morgan fingerprint density at radius 2 is 1.63 bits per heavy atom. The third kappa shape index (κ3) is 7.02. The van der Waals surface area contributed by atoms with Gasteiger partial charge in [0.25, 0.3) is 0 Å². The van der Waals surface area contributed by atoms with E-state index in [1.54, 1.807) is 6.92 Å². The molecular formula is C11H19N3O5. The minimum atomic E-state index is -1.26. The summed E-state index contributed by atoms with van der Waals surface area (Å²) in [7, 11) is 0. The molecule has 0 rings (SSSR count). The molecule has 0 radical (unpaired) electrons. The van der Waals surface area contributed by atoms with E-state index < -0.39 is 23.3 Å². The fraction of sp³-hybridized carbons (Fsp3) is 0.636. The molecule has 0 aromatic carbocycles. The standard InChI is InChI=1S/C11H19N3O5/c1-4-12-8(16)6-13-10(19)14-7(15)5-11(2,3)9(17)18/h4-6H2,1-3H3,(H,12,16)(H,17,18)(H2,13,14,15,19). The average molecular weight is 273 g/mol. The van der Waals surface area contributed by atoms with E-state index in [0.29, 0.717) is 6.54 Å². The minimum Gasteiger partial charge on any atom is -0.481 e. The number of carbonyl (C=O) groups excluding carboxylic acids is 3. The second-order valence-corrected chi connectivity index (χ2v) is 4.55. The van der Waals surface area contributed by atoms with Gasteiger partial charge in [0, 0.05) is 13.0 Å². The van der Waals surface area contributed by atoms with Crippen LogP contribution in [-0.2, 0) is 14.4 Å². The van der Waals surface area contributed by atoms with Gasteiger partial charge in [-0.15, -0.1) is 0 Å². The molecule has 4 amide bonds. The van der Waals surface area contributed by atoms with E-state index in [0.717, 1.165) is 0 Å². The fourth-order valence-electron chi connectivity index (χ4n) is 1.11. The van der Waals surface area contributed by atoms with Crippen molar-refractivity contribution in [2.75, 3.05) is 13.1 Å². The van der Waals surface area contributed by atoms with Gasteiger partial charge < -0.3 is 15.7 Å². The summed E-state index contributed by atoms with van der Waals surface area (Å²) < 4.78 is 0. The predicted octanol–water partition coefficient (Wildman–Crippen LogP) is -0.551. The summed E-state index contributed by atoms with van der Waals surface area (Å²) in [5, 5.41) is 15.4. The van der Waals surface area contributed by atoms with E-state index in [1.165, 1.54) is 13.8 Å². The number of urea groups is 1. The van der Waals surface area contributed by atoms with Gasteiger partial charge in [-0.05, 0) is 20.8 Å². The number of hydrogen-bond acceptors (Lipinski definition) is 4.